The van der Waals surface area contributed by atoms with Crippen LogP contribution in [0.15, 0.2) is 29.2 Å². The number of sulfone groups is 1. The van der Waals surface area contributed by atoms with Crippen LogP contribution in [-0.2, 0) is 14.6 Å². The number of nitrogens with two attached hydrogens (primary N) is 1. The van der Waals surface area contributed by atoms with Crippen molar-refractivity contribution in [1.29, 1.82) is 0 Å². The molecule has 1 aromatic carbocycles. The first-order chi connectivity index (χ1) is 8.97. The maximum absolute atomic E-state index is 12.1. The Morgan fingerprint density at radius 2 is 2.11 bits per heavy atom. The molecule has 6 heteroatoms. The summed E-state index contributed by atoms with van der Waals surface area (Å²) < 4.78 is 29.4. The number of thiocarbonyl (C=S) groups is 1. The highest BCUT2D eigenvalue weighted by Crippen LogP contribution is 2.13. The van der Waals surface area contributed by atoms with Crippen molar-refractivity contribution in [3.05, 3.63) is 29.8 Å². The van der Waals surface area contributed by atoms with Crippen molar-refractivity contribution >= 4 is 27.0 Å². The predicted molar refractivity (Wildman–Crippen MR) is 80.1 cm³/mol. The highest BCUT2D eigenvalue weighted by Gasteiger charge is 2.15. The van der Waals surface area contributed by atoms with E-state index >= 15 is 0 Å². The van der Waals surface area contributed by atoms with Gasteiger partial charge in [0.15, 0.2) is 9.84 Å². The summed E-state index contributed by atoms with van der Waals surface area (Å²) in [7, 11) is -3.34. The summed E-state index contributed by atoms with van der Waals surface area (Å²) in [6.45, 7) is 2.86. The molecule has 0 radical (unpaired) electrons. The van der Waals surface area contributed by atoms with Crippen molar-refractivity contribution in [2.45, 2.75) is 24.7 Å². The zero-order valence-corrected chi connectivity index (χ0v) is 12.6. The molecule has 4 nitrogen and oxygen atoms in total. The Hall–Kier alpha value is -0.980. The van der Waals surface area contributed by atoms with Gasteiger partial charge in [-0.3, -0.25) is 0 Å². The Kier molecular flexibility index (Phi) is 6.41. The van der Waals surface area contributed by atoms with Gasteiger partial charge in [0.1, 0.15) is 4.99 Å². The number of hydrogen-bond donors (Lipinski definition) is 1. The first-order valence-corrected chi connectivity index (χ1v) is 8.24. The van der Waals surface area contributed by atoms with Crippen LogP contribution in [0.3, 0.4) is 0 Å². The summed E-state index contributed by atoms with van der Waals surface area (Å²) >= 11 is 4.84. The van der Waals surface area contributed by atoms with Crippen molar-refractivity contribution in [2.24, 2.45) is 5.73 Å². The lowest BCUT2D eigenvalue weighted by Crippen LogP contribution is -2.15. The maximum Gasteiger partial charge on any atom is 0.180 e. The Morgan fingerprint density at radius 1 is 1.37 bits per heavy atom. The minimum atomic E-state index is -3.34. The maximum atomic E-state index is 12.1. The van der Waals surface area contributed by atoms with Gasteiger partial charge in [-0.05, 0) is 18.6 Å². The fraction of sp³-hybridized carbons (Fsp3) is 0.462. The lowest BCUT2D eigenvalue weighted by atomic mass is 10.2. The molecule has 106 valence electrons. The molecule has 1 aromatic rings. The average molecular weight is 301 g/mol. The van der Waals surface area contributed by atoms with Gasteiger partial charge in [0.2, 0.25) is 0 Å². The average Bonchev–Trinajstić information content (AvgIpc) is 2.38. The SMILES string of the molecule is CCCCOCCS(=O)(=O)c1cccc(C(N)=S)c1. The van der Waals surface area contributed by atoms with E-state index in [0.29, 0.717) is 12.2 Å². The Balaban J connectivity index is 2.66. The van der Waals surface area contributed by atoms with E-state index in [-0.39, 0.29) is 22.2 Å². The minimum absolute atomic E-state index is 0.0303. The van der Waals surface area contributed by atoms with Gasteiger partial charge >= 0.3 is 0 Å². The normalized spacial score (nSPS) is 11.4. The molecule has 0 heterocycles. The second kappa shape index (κ2) is 7.57. The smallest absolute Gasteiger partial charge is 0.180 e. The Labute approximate surface area is 119 Å². The van der Waals surface area contributed by atoms with Crippen LogP contribution in [0.1, 0.15) is 25.3 Å². The lowest BCUT2D eigenvalue weighted by Gasteiger charge is -2.07. The van der Waals surface area contributed by atoms with Crippen LogP contribution in [0.25, 0.3) is 0 Å². The quantitative estimate of drug-likeness (QED) is 0.587. The number of benzene rings is 1. The topological polar surface area (TPSA) is 69.4 Å². The van der Waals surface area contributed by atoms with Gasteiger partial charge in [-0.2, -0.15) is 0 Å². The van der Waals surface area contributed by atoms with Gasteiger partial charge < -0.3 is 10.5 Å². The summed E-state index contributed by atoms with van der Waals surface area (Å²) in [5, 5.41) is 0. The van der Waals surface area contributed by atoms with E-state index in [0.717, 1.165) is 12.8 Å². The second-order valence-electron chi connectivity index (χ2n) is 4.18. The first kappa shape index (κ1) is 16.1. The molecule has 0 aliphatic heterocycles. The van der Waals surface area contributed by atoms with Crippen molar-refractivity contribution < 1.29 is 13.2 Å². The summed E-state index contributed by atoms with van der Waals surface area (Å²) in [6, 6.07) is 6.38. The van der Waals surface area contributed by atoms with E-state index in [2.05, 4.69) is 6.92 Å². The van der Waals surface area contributed by atoms with Crippen LogP contribution in [-0.4, -0.2) is 32.4 Å². The molecule has 1 rings (SSSR count). The van der Waals surface area contributed by atoms with E-state index in [1.54, 1.807) is 18.2 Å². The summed E-state index contributed by atoms with van der Waals surface area (Å²) in [5.41, 5.74) is 6.05. The Bertz CT molecular complexity index is 526. The minimum Gasteiger partial charge on any atom is -0.389 e. The van der Waals surface area contributed by atoms with Gasteiger partial charge in [-0.15, -0.1) is 0 Å². The molecule has 0 amide bonds. The summed E-state index contributed by atoms with van der Waals surface area (Å²) in [4.78, 5) is 0.424. The molecule has 0 aliphatic carbocycles. The molecule has 19 heavy (non-hydrogen) atoms. The molecule has 0 saturated carbocycles. The fourth-order valence-corrected chi connectivity index (χ4v) is 2.77. The number of hydrogen-bond acceptors (Lipinski definition) is 4. The summed E-state index contributed by atoms with van der Waals surface area (Å²) in [6.07, 6.45) is 1.97. The molecule has 0 saturated heterocycles. The number of ether oxygens (including phenoxy) is 1. The van der Waals surface area contributed by atoms with Crippen molar-refractivity contribution in [3.8, 4) is 0 Å². The molecule has 0 unspecified atom stereocenters. The van der Waals surface area contributed by atoms with Crippen LogP contribution in [0.5, 0.6) is 0 Å². The molecule has 0 aromatic heterocycles. The van der Waals surface area contributed by atoms with Gasteiger partial charge in [0.25, 0.3) is 0 Å². The van der Waals surface area contributed by atoms with Gasteiger partial charge in [-0.1, -0.05) is 37.7 Å². The summed E-state index contributed by atoms with van der Waals surface area (Å²) in [5.74, 6) is -0.0303. The monoisotopic (exact) mass is 301 g/mol. The third kappa shape index (κ3) is 5.26. The van der Waals surface area contributed by atoms with Gasteiger partial charge in [0.05, 0.1) is 17.3 Å². The lowest BCUT2D eigenvalue weighted by molar-refractivity contribution is 0.146. The van der Waals surface area contributed by atoms with Crippen LogP contribution >= 0.6 is 12.2 Å². The molecule has 0 spiro atoms. The molecule has 0 aliphatic rings. The van der Waals surface area contributed by atoms with Crippen molar-refractivity contribution in [2.75, 3.05) is 19.0 Å². The van der Waals surface area contributed by atoms with Crippen LogP contribution in [0.4, 0.5) is 0 Å². The van der Waals surface area contributed by atoms with E-state index < -0.39 is 9.84 Å². The van der Waals surface area contributed by atoms with Crippen LogP contribution < -0.4 is 5.73 Å². The Morgan fingerprint density at radius 3 is 2.74 bits per heavy atom. The molecular weight excluding hydrogens is 282 g/mol. The zero-order chi connectivity index (χ0) is 14.3. The van der Waals surface area contributed by atoms with E-state index in [4.69, 9.17) is 22.7 Å². The highest BCUT2D eigenvalue weighted by molar-refractivity contribution is 7.91. The molecular formula is C13H19NO3S2. The molecule has 0 fully saturated rings. The predicted octanol–water partition coefficient (Wildman–Crippen LogP) is 1.91. The third-order valence-corrected chi connectivity index (χ3v) is 4.53. The fourth-order valence-electron chi connectivity index (χ4n) is 1.48. The zero-order valence-electron chi connectivity index (χ0n) is 11.0. The van der Waals surface area contributed by atoms with E-state index in [9.17, 15) is 8.42 Å². The number of unbranched alkanes of at least 4 members (excludes halogenated alkanes) is 1. The number of rotatable bonds is 8. The standard InChI is InChI=1S/C13H19NO3S2/c1-2-3-7-17-8-9-19(15,16)12-6-4-5-11(10-12)13(14)18/h4-6,10H,2-3,7-9H2,1H3,(H2,14,18). The molecule has 0 atom stereocenters. The van der Waals surface area contributed by atoms with Crippen LogP contribution in [0.2, 0.25) is 0 Å². The van der Waals surface area contributed by atoms with Crippen molar-refractivity contribution in [1.82, 2.24) is 0 Å². The van der Waals surface area contributed by atoms with E-state index in [1.807, 2.05) is 0 Å². The second-order valence-corrected chi connectivity index (χ2v) is 6.73. The van der Waals surface area contributed by atoms with E-state index in [1.165, 1.54) is 6.07 Å². The highest BCUT2D eigenvalue weighted by atomic mass is 32.2. The van der Waals surface area contributed by atoms with Crippen molar-refractivity contribution in [3.63, 3.8) is 0 Å². The van der Waals surface area contributed by atoms with Crippen LogP contribution in [0, 0.1) is 0 Å². The first-order valence-electron chi connectivity index (χ1n) is 6.17. The van der Waals surface area contributed by atoms with Gasteiger partial charge in [-0.25, -0.2) is 8.42 Å². The molecule has 0 bridgehead atoms. The third-order valence-electron chi connectivity index (χ3n) is 2.62. The van der Waals surface area contributed by atoms with Gasteiger partial charge in [0, 0.05) is 12.2 Å². The largest absolute Gasteiger partial charge is 0.389 e. The molecule has 2 N–H and O–H groups in total.